The van der Waals surface area contributed by atoms with Crippen molar-refractivity contribution in [1.29, 1.82) is 0 Å². The van der Waals surface area contributed by atoms with E-state index in [4.69, 9.17) is 0 Å². The Morgan fingerprint density at radius 3 is 2.85 bits per heavy atom. The summed E-state index contributed by atoms with van der Waals surface area (Å²) in [4.78, 5) is 7.18. The van der Waals surface area contributed by atoms with Gasteiger partial charge in [0.2, 0.25) is 0 Å². The fourth-order valence-corrected chi connectivity index (χ4v) is 1.51. The number of nitrogens with one attached hydrogen (secondary N) is 1. The van der Waals surface area contributed by atoms with Crippen molar-refractivity contribution in [2.24, 2.45) is 0 Å². The number of aromatic nitrogens is 2. The largest absolute Gasteiger partial charge is 0.508 e. The van der Waals surface area contributed by atoms with Gasteiger partial charge in [0, 0.05) is 6.07 Å². The Morgan fingerprint density at radius 2 is 2.15 bits per heavy atom. The van der Waals surface area contributed by atoms with Gasteiger partial charge in [0.25, 0.3) is 0 Å². The van der Waals surface area contributed by atoms with Gasteiger partial charge in [-0.2, -0.15) is 0 Å². The molecule has 1 aromatic carbocycles. The molecule has 3 heteroatoms. The molecule has 0 bridgehead atoms. The third kappa shape index (κ3) is 1.26. The molecule has 0 saturated carbocycles. The number of hydrogen-bond acceptors (Lipinski definition) is 2. The van der Waals surface area contributed by atoms with Gasteiger partial charge in [-0.3, -0.25) is 0 Å². The predicted octanol–water partition coefficient (Wildman–Crippen LogP) is 2.39. The highest BCUT2D eigenvalue weighted by Gasteiger charge is 2.08. The molecule has 0 aliphatic heterocycles. The van der Waals surface area contributed by atoms with Crippen LogP contribution in [0, 0.1) is 0 Å². The van der Waals surface area contributed by atoms with Crippen molar-refractivity contribution in [2.45, 2.75) is 19.8 Å². The molecule has 2 N–H and O–H groups in total. The Labute approximate surface area is 76.4 Å². The van der Waals surface area contributed by atoms with Gasteiger partial charge in [-0.05, 0) is 17.5 Å². The van der Waals surface area contributed by atoms with Gasteiger partial charge in [0.1, 0.15) is 5.75 Å². The van der Waals surface area contributed by atoms with Crippen molar-refractivity contribution < 1.29 is 5.11 Å². The lowest BCUT2D eigenvalue weighted by atomic mass is 10.0. The van der Waals surface area contributed by atoms with E-state index in [1.807, 2.05) is 0 Å². The van der Waals surface area contributed by atoms with Crippen LogP contribution in [0.25, 0.3) is 11.0 Å². The molecule has 0 unspecified atom stereocenters. The molecule has 0 aliphatic rings. The Kier molecular flexibility index (Phi) is 1.72. The zero-order chi connectivity index (χ0) is 9.42. The topological polar surface area (TPSA) is 48.9 Å². The number of aromatic amines is 1. The van der Waals surface area contributed by atoms with Crippen molar-refractivity contribution in [3.05, 3.63) is 24.0 Å². The first-order chi connectivity index (χ1) is 6.18. The molecular formula is C10H12N2O. The summed E-state index contributed by atoms with van der Waals surface area (Å²) in [6, 6.07) is 3.45. The average molecular weight is 176 g/mol. The van der Waals surface area contributed by atoms with Gasteiger partial charge in [-0.25, -0.2) is 4.98 Å². The van der Waals surface area contributed by atoms with Gasteiger partial charge in [0.15, 0.2) is 0 Å². The number of imidazole rings is 1. The summed E-state index contributed by atoms with van der Waals surface area (Å²) in [5.41, 5.74) is 2.95. The maximum Gasteiger partial charge on any atom is 0.118 e. The van der Waals surface area contributed by atoms with Crippen LogP contribution in [0.3, 0.4) is 0 Å². The molecule has 1 heterocycles. The van der Waals surface area contributed by atoms with Crippen LogP contribution >= 0.6 is 0 Å². The maximum absolute atomic E-state index is 9.42. The molecule has 3 nitrogen and oxygen atoms in total. The average Bonchev–Trinajstić information content (AvgIpc) is 2.49. The molecule has 13 heavy (non-hydrogen) atoms. The van der Waals surface area contributed by atoms with Crippen LogP contribution in [0.1, 0.15) is 25.3 Å². The fraction of sp³-hybridized carbons (Fsp3) is 0.300. The minimum Gasteiger partial charge on any atom is -0.508 e. The lowest BCUT2D eigenvalue weighted by Crippen LogP contribution is -1.88. The standard InChI is InChI=1S/C10H12N2O/c1-6(2)8-3-7(13)4-9-10(8)12-5-11-9/h3-6,13H,1-2H3,(H,11,12). The van der Waals surface area contributed by atoms with E-state index in [9.17, 15) is 5.11 Å². The third-order valence-electron chi connectivity index (χ3n) is 2.17. The molecule has 0 aliphatic carbocycles. The van der Waals surface area contributed by atoms with Crippen LogP contribution in [-0.2, 0) is 0 Å². The molecule has 1 aromatic heterocycles. The molecule has 0 spiro atoms. The fourth-order valence-electron chi connectivity index (χ4n) is 1.51. The first-order valence-corrected chi connectivity index (χ1v) is 4.34. The number of phenols is 1. The molecular weight excluding hydrogens is 164 g/mol. The first kappa shape index (κ1) is 8.10. The Morgan fingerprint density at radius 1 is 1.38 bits per heavy atom. The Hall–Kier alpha value is -1.51. The van der Waals surface area contributed by atoms with Crippen LogP contribution in [0.4, 0.5) is 0 Å². The van der Waals surface area contributed by atoms with E-state index in [-0.39, 0.29) is 5.75 Å². The summed E-state index contributed by atoms with van der Waals surface area (Å²) < 4.78 is 0. The van der Waals surface area contributed by atoms with E-state index < -0.39 is 0 Å². The van der Waals surface area contributed by atoms with Crippen LogP contribution in [0.2, 0.25) is 0 Å². The minimum absolute atomic E-state index is 0.281. The number of rotatable bonds is 1. The summed E-state index contributed by atoms with van der Waals surface area (Å²) >= 11 is 0. The van der Waals surface area contributed by atoms with E-state index in [0.717, 1.165) is 16.6 Å². The van der Waals surface area contributed by atoms with Gasteiger partial charge >= 0.3 is 0 Å². The van der Waals surface area contributed by atoms with E-state index >= 15 is 0 Å². The minimum atomic E-state index is 0.281. The molecule has 2 aromatic rings. The van der Waals surface area contributed by atoms with E-state index in [1.165, 1.54) is 0 Å². The third-order valence-corrected chi connectivity index (χ3v) is 2.17. The zero-order valence-electron chi connectivity index (χ0n) is 7.70. The van der Waals surface area contributed by atoms with E-state index in [0.29, 0.717) is 5.92 Å². The number of fused-ring (bicyclic) bond motifs is 1. The molecule has 0 saturated heterocycles. The highest BCUT2D eigenvalue weighted by Crippen LogP contribution is 2.27. The van der Waals surface area contributed by atoms with Crippen molar-refractivity contribution in [1.82, 2.24) is 9.97 Å². The molecule has 68 valence electrons. The number of aromatic hydroxyl groups is 1. The van der Waals surface area contributed by atoms with Crippen LogP contribution < -0.4 is 0 Å². The summed E-state index contributed by atoms with van der Waals surface area (Å²) in [7, 11) is 0. The van der Waals surface area contributed by atoms with Gasteiger partial charge in [-0.1, -0.05) is 13.8 Å². The molecule has 0 amide bonds. The molecule has 2 rings (SSSR count). The van der Waals surface area contributed by atoms with Crippen molar-refractivity contribution in [2.75, 3.05) is 0 Å². The number of nitrogens with zero attached hydrogens (tertiary/aromatic N) is 1. The summed E-state index contributed by atoms with van der Waals surface area (Å²) in [5, 5.41) is 9.42. The molecule has 0 fully saturated rings. The first-order valence-electron chi connectivity index (χ1n) is 4.34. The summed E-state index contributed by atoms with van der Waals surface area (Å²) in [5.74, 6) is 0.665. The second-order valence-corrected chi connectivity index (χ2v) is 3.49. The van der Waals surface area contributed by atoms with Crippen LogP contribution in [0.15, 0.2) is 18.5 Å². The van der Waals surface area contributed by atoms with Gasteiger partial charge in [-0.15, -0.1) is 0 Å². The Bertz CT molecular complexity index is 431. The van der Waals surface area contributed by atoms with Crippen molar-refractivity contribution in [3.63, 3.8) is 0 Å². The van der Waals surface area contributed by atoms with E-state index in [1.54, 1.807) is 18.5 Å². The number of H-pyrrole nitrogens is 1. The highest BCUT2D eigenvalue weighted by molar-refractivity contribution is 5.80. The lowest BCUT2D eigenvalue weighted by molar-refractivity contribution is 0.475. The molecule has 0 radical (unpaired) electrons. The maximum atomic E-state index is 9.42. The second kappa shape index (κ2) is 2.76. The van der Waals surface area contributed by atoms with Crippen LogP contribution in [0.5, 0.6) is 5.75 Å². The number of benzene rings is 1. The number of hydrogen-bond donors (Lipinski definition) is 2. The van der Waals surface area contributed by atoms with Crippen molar-refractivity contribution in [3.8, 4) is 5.75 Å². The van der Waals surface area contributed by atoms with Gasteiger partial charge in [0.05, 0.1) is 17.4 Å². The number of phenolic OH excluding ortho intramolecular Hbond substituents is 1. The predicted molar refractivity (Wildman–Crippen MR) is 51.8 cm³/mol. The van der Waals surface area contributed by atoms with Crippen molar-refractivity contribution >= 4 is 11.0 Å². The normalized spacial score (nSPS) is 11.3. The summed E-state index contributed by atoms with van der Waals surface area (Å²) in [6.45, 7) is 4.18. The molecule has 0 atom stereocenters. The van der Waals surface area contributed by atoms with E-state index in [2.05, 4.69) is 23.8 Å². The highest BCUT2D eigenvalue weighted by atomic mass is 16.3. The lowest BCUT2D eigenvalue weighted by Gasteiger charge is -2.06. The van der Waals surface area contributed by atoms with Gasteiger partial charge < -0.3 is 10.1 Å². The monoisotopic (exact) mass is 176 g/mol. The second-order valence-electron chi connectivity index (χ2n) is 3.49. The SMILES string of the molecule is CC(C)c1cc(O)cc2nc[nH]c12. The van der Waals surface area contributed by atoms with Crippen LogP contribution in [-0.4, -0.2) is 15.1 Å². The smallest absolute Gasteiger partial charge is 0.118 e. The summed E-state index contributed by atoms with van der Waals surface area (Å²) in [6.07, 6.45) is 1.65. The quantitative estimate of drug-likeness (QED) is 0.700. The zero-order valence-corrected chi connectivity index (χ0v) is 7.70. The Balaban J connectivity index is 2.77.